The number of fused-ring (bicyclic) bond motifs is 14. The second kappa shape index (κ2) is 18.6. The van der Waals surface area contributed by atoms with E-state index in [1.165, 1.54) is 46.2 Å². The zero-order valence-electron chi connectivity index (χ0n) is 35.5. The van der Waals surface area contributed by atoms with Crippen molar-refractivity contribution >= 4 is 40.3 Å². The molecule has 9 atom stereocenters. The minimum atomic E-state index is -2.45. The number of rotatable bonds is 5. The van der Waals surface area contributed by atoms with Crippen LogP contribution in [0.25, 0.3) is 10.8 Å². The molecule has 1 saturated heterocycles. The van der Waals surface area contributed by atoms with Crippen molar-refractivity contribution < 1.29 is 64.0 Å². The number of hydrogen-bond acceptors (Lipinski definition) is 16. The van der Waals surface area contributed by atoms with Crippen LogP contribution in [0.4, 0.5) is 5.69 Å². The van der Waals surface area contributed by atoms with Crippen LogP contribution >= 0.6 is 0 Å². The van der Waals surface area contributed by atoms with Crippen molar-refractivity contribution in [3.05, 3.63) is 52.8 Å². The van der Waals surface area contributed by atoms with E-state index in [9.17, 15) is 45.0 Å². The average molecular weight is 839 g/mol. The molecule has 17 heteroatoms. The molecule has 4 aliphatic rings. The Hall–Kier alpha value is -5.20. The van der Waals surface area contributed by atoms with Crippen LogP contribution in [0.2, 0.25) is 0 Å². The van der Waals surface area contributed by atoms with Gasteiger partial charge in [-0.15, -0.1) is 0 Å². The van der Waals surface area contributed by atoms with Gasteiger partial charge in [-0.1, -0.05) is 45.9 Å². The van der Waals surface area contributed by atoms with Crippen LogP contribution in [-0.2, 0) is 23.8 Å². The number of methoxy groups -OCH3 is 1. The van der Waals surface area contributed by atoms with Crippen LogP contribution in [0.15, 0.2) is 41.2 Å². The molecule has 2 aromatic carbocycles. The molecule has 0 radical (unpaired) electrons. The number of aliphatic hydroxyl groups excluding tert-OH is 3. The van der Waals surface area contributed by atoms with E-state index in [4.69, 9.17) is 18.9 Å². The van der Waals surface area contributed by atoms with Crippen molar-refractivity contribution in [2.75, 3.05) is 52.3 Å². The first-order chi connectivity index (χ1) is 28.3. The van der Waals surface area contributed by atoms with E-state index in [-0.39, 0.29) is 44.5 Å². The Balaban J connectivity index is 1.73. The highest BCUT2D eigenvalue weighted by Gasteiger charge is 2.53. The number of carbonyl (C=O) groups is 3. The number of nitrogens with zero attached hydrogens (tertiary/aromatic N) is 3. The first-order valence-electron chi connectivity index (χ1n) is 20.0. The number of carbonyl (C=O) groups excluding carboxylic acids is 3. The van der Waals surface area contributed by atoms with Crippen molar-refractivity contribution in [1.82, 2.24) is 9.91 Å². The Morgan fingerprint density at radius 3 is 2.25 bits per heavy atom. The summed E-state index contributed by atoms with van der Waals surface area (Å²) in [6, 6.07) is 0. The number of likely N-dealkylation sites (N-methyl/N-ethyl adjacent to an activating group) is 1. The second-order valence-electron chi connectivity index (χ2n) is 16.1. The molecule has 5 bridgehead atoms. The van der Waals surface area contributed by atoms with Crippen LogP contribution in [0.3, 0.4) is 0 Å². The molecule has 17 nitrogen and oxygen atoms in total. The maximum atomic E-state index is 14.5. The van der Waals surface area contributed by atoms with Crippen molar-refractivity contribution in [1.29, 1.82) is 0 Å². The molecule has 4 heterocycles. The number of nitrogens with one attached hydrogen (secondary N) is 1. The molecule has 328 valence electrons. The third-order valence-electron chi connectivity index (χ3n) is 11.9. The highest BCUT2D eigenvalue weighted by Crippen LogP contribution is 2.55. The van der Waals surface area contributed by atoms with E-state index in [0.717, 1.165) is 6.26 Å². The van der Waals surface area contributed by atoms with Gasteiger partial charge in [-0.2, -0.15) is 5.10 Å². The number of anilines is 1. The quantitative estimate of drug-likeness (QED) is 0.0990. The molecule has 1 fully saturated rings. The lowest BCUT2D eigenvalue weighted by Crippen LogP contribution is -2.47. The Labute approximate surface area is 349 Å². The summed E-state index contributed by atoms with van der Waals surface area (Å²) in [4.78, 5) is 42.7. The molecule has 0 unspecified atom stereocenters. The second-order valence-corrected chi connectivity index (χ2v) is 16.1. The Kier molecular flexibility index (Phi) is 14.2. The normalized spacial score (nSPS) is 31.7. The number of aromatic hydroxyl groups is 3. The van der Waals surface area contributed by atoms with E-state index >= 15 is 0 Å². The number of benzene rings is 2. The number of piperazine rings is 1. The van der Waals surface area contributed by atoms with E-state index < -0.39 is 95.4 Å². The van der Waals surface area contributed by atoms with Crippen LogP contribution in [0, 0.1) is 30.6 Å². The van der Waals surface area contributed by atoms with Crippen molar-refractivity contribution in [3.8, 4) is 23.0 Å². The standard InChI is InChI=1S/C43H58N4O13/c1-21-11-10-12-22(2)42(56)45-33-28(19-44-47-16-14-46(8)15-17-47)37(53)30-31(38(33)54)36(52)26(6)40-32(30)41(55)43(20-48,60-40)58-18-13-29(57-9)23(3)39(59-27(7)49)25(5)35(51)24(4)34(21)50/h10-13,18-19,21,23-25,29,34-35,39,48,50-54H,14-17,20H2,1-9H3,(H,45,56)/b11-10+,18-13+,22-12-,44-19+/t21-,23+,24+,25+,29-,34-,35+,39+,43-/m0/s1. The van der Waals surface area contributed by atoms with Gasteiger partial charge in [0, 0.05) is 80.4 Å². The number of hydrazone groups is 1. The molecule has 0 saturated carbocycles. The summed E-state index contributed by atoms with van der Waals surface area (Å²) in [5.74, 6) is -9.52. The summed E-state index contributed by atoms with van der Waals surface area (Å²) < 4.78 is 23.3. The Bertz CT molecular complexity index is 2090. The molecular weight excluding hydrogens is 780 g/mol. The smallest absolute Gasteiger partial charge is 0.339 e. The molecular formula is C43H58N4O13. The molecule has 60 heavy (non-hydrogen) atoms. The highest BCUT2D eigenvalue weighted by atomic mass is 16.7. The lowest BCUT2D eigenvalue weighted by atomic mass is 9.78. The maximum Gasteiger partial charge on any atom is 0.339 e. The van der Waals surface area contributed by atoms with Gasteiger partial charge in [0.15, 0.2) is 5.75 Å². The maximum absolute atomic E-state index is 14.5. The monoisotopic (exact) mass is 838 g/mol. The third kappa shape index (κ3) is 8.81. The average Bonchev–Trinajstić information content (AvgIpc) is 3.51. The number of ether oxygens (including phenoxy) is 4. The SMILES string of the molecule is CO[C@H]1/C=C/O[C@@]2(CO)Oc3c(C)c(O)c4c(O)c(c(/C=N/N5CCN(C)CC5)c(O)c4c3C2=O)NC(=O)/C(C)=C\C=C\[C@H](C)[C@H](O)[C@@H](C)[C@@H](O)[C@@H](C)[C@H](OC(C)=O)[C@@H]1C. The predicted octanol–water partition coefficient (Wildman–Crippen LogP) is 3.31. The van der Waals surface area contributed by atoms with Gasteiger partial charge in [-0.25, -0.2) is 0 Å². The molecule has 2 aromatic rings. The molecule has 7 N–H and O–H groups in total. The molecule has 0 aliphatic carbocycles. The summed E-state index contributed by atoms with van der Waals surface area (Å²) in [6.07, 6.45) is 4.36. The molecule has 0 aromatic heterocycles. The van der Waals surface area contributed by atoms with E-state index in [0.29, 0.717) is 26.2 Å². The molecule has 6 rings (SSSR count). The summed E-state index contributed by atoms with van der Waals surface area (Å²) in [7, 11) is 3.36. The van der Waals surface area contributed by atoms with Gasteiger partial charge in [0.25, 0.3) is 11.7 Å². The van der Waals surface area contributed by atoms with Crippen molar-refractivity contribution in [2.24, 2.45) is 28.8 Å². The topological polar surface area (TPSA) is 240 Å². The van der Waals surface area contributed by atoms with Gasteiger partial charge in [-0.05, 0) is 27.0 Å². The number of amides is 1. The number of hydrogen-bond donors (Lipinski definition) is 7. The zero-order valence-corrected chi connectivity index (χ0v) is 35.5. The summed E-state index contributed by atoms with van der Waals surface area (Å²) in [5.41, 5.74) is -0.722. The van der Waals surface area contributed by atoms with Gasteiger partial charge in [0.05, 0.1) is 53.0 Å². The number of phenols is 3. The summed E-state index contributed by atoms with van der Waals surface area (Å²) >= 11 is 0. The van der Waals surface area contributed by atoms with Gasteiger partial charge in [0.1, 0.15) is 30.0 Å². The number of Topliss-reactive ketones (excluding diaryl/α,β-unsaturated/α-hetero) is 1. The largest absolute Gasteiger partial charge is 0.507 e. The fraction of sp³-hybridized carbons (Fsp3) is 0.535. The van der Waals surface area contributed by atoms with Crippen molar-refractivity contribution in [2.45, 2.75) is 78.7 Å². The molecule has 0 spiro atoms. The molecule has 4 aliphatic heterocycles. The van der Waals surface area contributed by atoms with Crippen molar-refractivity contribution in [3.63, 3.8) is 0 Å². The fourth-order valence-electron chi connectivity index (χ4n) is 7.98. The predicted molar refractivity (Wildman–Crippen MR) is 222 cm³/mol. The minimum absolute atomic E-state index is 0.0444. The van der Waals surface area contributed by atoms with E-state index in [2.05, 4.69) is 15.3 Å². The van der Waals surface area contributed by atoms with Crippen LogP contribution in [-0.4, -0.2) is 142 Å². The number of allylic oxidation sites excluding steroid dienone is 2. The lowest BCUT2D eigenvalue weighted by molar-refractivity contribution is -0.160. The van der Waals surface area contributed by atoms with Crippen LogP contribution in [0.1, 0.15) is 63.0 Å². The number of phenolic OH excluding ortho intramolecular Hbond substituents is 3. The number of esters is 1. The minimum Gasteiger partial charge on any atom is -0.507 e. The first-order valence-corrected chi connectivity index (χ1v) is 20.0. The first kappa shape index (κ1) is 45.9. The third-order valence-corrected chi connectivity index (χ3v) is 11.9. The molecule has 1 amide bonds. The highest BCUT2D eigenvalue weighted by molar-refractivity contribution is 6.24. The lowest BCUT2D eigenvalue weighted by Gasteiger charge is -2.38. The Morgan fingerprint density at radius 2 is 1.63 bits per heavy atom. The number of ketones is 1. The summed E-state index contributed by atoms with van der Waals surface area (Å²) in [5, 5.41) is 77.4. The van der Waals surface area contributed by atoms with E-state index in [1.54, 1.807) is 44.9 Å². The summed E-state index contributed by atoms with van der Waals surface area (Å²) in [6.45, 7) is 12.4. The van der Waals surface area contributed by atoms with Gasteiger partial charge in [-0.3, -0.25) is 19.4 Å². The van der Waals surface area contributed by atoms with Crippen LogP contribution in [0.5, 0.6) is 23.0 Å². The van der Waals surface area contributed by atoms with Gasteiger partial charge >= 0.3 is 11.8 Å². The van der Waals surface area contributed by atoms with Gasteiger partial charge in [0.2, 0.25) is 0 Å². The Morgan fingerprint density at radius 1 is 0.967 bits per heavy atom. The fourth-order valence-corrected chi connectivity index (χ4v) is 7.98. The van der Waals surface area contributed by atoms with Crippen LogP contribution < -0.4 is 10.1 Å². The number of aliphatic hydroxyl groups is 3. The van der Waals surface area contributed by atoms with E-state index in [1.807, 2.05) is 7.05 Å². The zero-order chi connectivity index (χ0) is 44.4. The van der Waals surface area contributed by atoms with Gasteiger partial charge < -0.3 is 59.8 Å².